The van der Waals surface area contributed by atoms with Gasteiger partial charge in [-0.25, -0.2) is 15.0 Å². The highest BCUT2D eigenvalue weighted by Crippen LogP contribution is 2.40. The number of alkyl halides is 3. The molecule has 0 amide bonds. The topological polar surface area (TPSA) is 101 Å². The molecule has 3 N–H and O–H groups in total. The normalized spacial score (nSPS) is 18.2. The first kappa shape index (κ1) is 27.8. The maximum atomic E-state index is 12.8. The fourth-order valence-electron chi connectivity index (χ4n) is 4.67. The first-order valence-electron chi connectivity index (χ1n) is 12.6. The first-order valence-corrected chi connectivity index (χ1v) is 13.5. The van der Waals surface area contributed by atoms with E-state index >= 15 is 0 Å². The van der Waals surface area contributed by atoms with Gasteiger partial charge in [0.25, 0.3) is 0 Å². The molecule has 3 aromatic heterocycles. The molecule has 3 atom stereocenters. The lowest BCUT2D eigenvalue weighted by Crippen LogP contribution is -2.24. The standard InChI is InChI=1S/C24H26F3N7OS.C2H6/c1-13-18(22-32-16-5-3-4-6-17(16)36-22)20(33-23(30-13)29-12-24(25,26)27)31-15-8-7-14(11-15)19(35)21-28-9-10-34(21)2;1-2/h3-6,9-10,14-15,19,35H,7-8,11-12H2,1-2H3,(H2,29,30,31,33);1-2H3. The summed E-state index contributed by atoms with van der Waals surface area (Å²) >= 11 is 1.48. The highest BCUT2D eigenvalue weighted by atomic mass is 32.1. The lowest BCUT2D eigenvalue weighted by Gasteiger charge is -2.20. The van der Waals surface area contributed by atoms with Crippen molar-refractivity contribution in [3.8, 4) is 10.6 Å². The van der Waals surface area contributed by atoms with Gasteiger partial charge in [-0.1, -0.05) is 26.0 Å². The number of nitrogens with zero attached hydrogens (tertiary/aromatic N) is 5. The van der Waals surface area contributed by atoms with Gasteiger partial charge in [-0.3, -0.25) is 0 Å². The Bertz CT molecular complexity index is 1340. The van der Waals surface area contributed by atoms with Gasteiger partial charge in [-0.05, 0) is 44.2 Å². The minimum absolute atomic E-state index is 0.000241. The molecule has 3 unspecified atom stereocenters. The van der Waals surface area contributed by atoms with Crippen LogP contribution in [0.4, 0.5) is 24.9 Å². The third kappa shape index (κ3) is 6.24. The molecule has 38 heavy (non-hydrogen) atoms. The molecule has 8 nitrogen and oxygen atoms in total. The molecule has 204 valence electrons. The van der Waals surface area contributed by atoms with Crippen molar-refractivity contribution in [1.29, 1.82) is 0 Å². The lowest BCUT2D eigenvalue weighted by atomic mass is 10.00. The molecule has 1 saturated carbocycles. The second-order valence-electron chi connectivity index (χ2n) is 9.07. The summed E-state index contributed by atoms with van der Waals surface area (Å²) in [5, 5.41) is 17.3. The monoisotopic (exact) mass is 547 g/mol. The van der Waals surface area contributed by atoms with Crippen LogP contribution in [0.25, 0.3) is 20.8 Å². The average Bonchev–Trinajstić information content (AvgIpc) is 3.62. The quantitative estimate of drug-likeness (QED) is 0.257. The largest absolute Gasteiger partial charge is 0.405 e. The predicted octanol–water partition coefficient (Wildman–Crippen LogP) is 6.11. The maximum Gasteiger partial charge on any atom is 0.405 e. The van der Waals surface area contributed by atoms with Gasteiger partial charge in [0.1, 0.15) is 29.3 Å². The number of aromatic nitrogens is 5. The van der Waals surface area contributed by atoms with Gasteiger partial charge < -0.3 is 20.3 Å². The molecule has 12 heteroatoms. The van der Waals surface area contributed by atoms with Crippen LogP contribution < -0.4 is 10.6 Å². The molecule has 0 bridgehead atoms. The fraction of sp³-hybridized carbons (Fsp3) is 0.462. The number of nitrogens with one attached hydrogen (secondary N) is 2. The molecule has 4 aromatic rings. The van der Waals surface area contributed by atoms with Crippen molar-refractivity contribution in [3.05, 3.63) is 48.2 Å². The van der Waals surface area contributed by atoms with E-state index in [4.69, 9.17) is 4.98 Å². The number of aliphatic hydroxyl groups is 1. The Morgan fingerprint density at radius 2 is 1.92 bits per heavy atom. The molecule has 3 heterocycles. The van der Waals surface area contributed by atoms with Crippen LogP contribution >= 0.6 is 11.3 Å². The number of halogens is 3. The maximum absolute atomic E-state index is 12.8. The Morgan fingerprint density at radius 3 is 2.61 bits per heavy atom. The number of rotatable bonds is 7. The number of hydrogen-bond acceptors (Lipinski definition) is 8. The molecule has 5 rings (SSSR count). The Hall–Kier alpha value is -3.25. The summed E-state index contributed by atoms with van der Waals surface area (Å²) < 4.78 is 41.3. The smallest absolute Gasteiger partial charge is 0.385 e. The van der Waals surface area contributed by atoms with Gasteiger partial charge in [-0.2, -0.15) is 18.2 Å². The highest BCUT2D eigenvalue weighted by molar-refractivity contribution is 7.21. The number of imidazole rings is 1. The van der Waals surface area contributed by atoms with Gasteiger partial charge in [0.2, 0.25) is 5.95 Å². The van der Waals surface area contributed by atoms with E-state index in [0.29, 0.717) is 34.3 Å². The van der Waals surface area contributed by atoms with Crippen LogP contribution in [0.1, 0.15) is 50.7 Å². The number of hydrogen-bond donors (Lipinski definition) is 3. The highest BCUT2D eigenvalue weighted by Gasteiger charge is 2.34. The Labute approximate surface area is 223 Å². The van der Waals surface area contributed by atoms with E-state index in [2.05, 4.69) is 25.6 Å². The second-order valence-corrected chi connectivity index (χ2v) is 10.1. The number of para-hydroxylation sites is 1. The van der Waals surface area contributed by atoms with Crippen LogP contribution in [0.15, 0.2) is 36.7 Å². The van der Waals surface area contributed by atoms with E-state index in [9.17, 15) is 18.3 Å². The summed E-state index contributed by atoms with van der Waals surface area (Å²) in [5.41, 5.74) is 2.03. The van der Waals surface area contributed by atoms with Crippen LogP contribution in [0.3, 0.4) is 0 Å². The molecule has 0 radical (unpaired) electrons. The van der Waals surface area contributed by atoms with Crippen molar-refractivity contribution < 1.29 is 18.3 Å². The number of thiazole rings is 1. The molecular weight excluding hydrogens is 515 g/mol. The van der Waals surface area contributed by atoms with Crippen molar-refractivity contribution in [3.63, 3.8) is 0 Å². The average molecular weight is 548 g/mol. The Balaban J connectivity index is 0.00000164. The zero-order chi connectivity index (χ0) is 27.4. The van der Waals surface area contributed by atoms with Crippen LogP contribution in [-0.4, -0.2) is 48.4 Å². The number of aliphatic hydroxyl groups excluding tert-OH is 1. The summed E-state index contributed by atoms with van der Waals surface area (Å²) in [5.74, 6) is 0.954. The summed E-state index contributed by atoms with van der Waals surface area (Å²) in [6, 6.07) is 7.70. The van der Waals surface area contributed by atoms with E-state index in [1.807, 2.05) is 49.7 Å². The molecule has 1 fully saturated rings. The van der Waals surface area contributed by atoms with E-state index < -0.39 is 18.8 Å². The van der Waals surface area contributed by atoms with E-state index in [0.717, 1.165) is 23.1 Å². The van der Waals surface area contributed by atoms with Crippen molar-refractivity contribution in [2.45, 2.75) is 58.4 Å². The number of benzene rings is 1. The van der Waals surface area contributed by atoms with Crippen molar-refractivity contribution in [2.75, 3.05) is 17.2 Å². The lowest BCUT2D eigenvalue weighted by molar-refractivity contribution is -0.115. The molecule has 0 spiro atoms. The van der Waals surface area contributed by atoms with Crippen LogP contribution in [0, 0.1) is 12.8 Å². The summed E-state index contributed by atoms with van der Waals surface area (Å²) in [6.45, 7) is 4.52. The molecule has 1 aliphatic carbocycles. The van der Waals surface area contributed by atoms with Crippen LogP contribution in [-0.2, 0) is 7.05 Å². The molecule has 0 saturated heterocycles. The number of fused-ring (bicyclic) bond motifs is 1. The molecular formula is C26H32F3N7OS. The minimum Gasteiger partial charge on any atom is -0.385 e. The van der Waals surface area contributed by atoms with E-state index in [-0.39, 0.29) is 17.9 Å². The van der Waals surface area contributed by atoms with Crippen LogP contribution in [0.5, 0.6) is 0 Å². The third-order valence-electron chi connectivity index (χ3n) is 6.43. The summed E-state index contributed by atoms with van der Waals surface area (Å²) in [6.07, 6.45) is 0.597. The van der Waals surface area contributed by atoms with Gasteiger partial charge in [0.05, 0.1) is 21.5 Å². The second kappa shape index (κ2) is 11.6. The minimum atomic E-state index is -4.39. The molecule has 0 aliphatic heterocycles. The third-order valence-corrected chi connectivity index (χ3v) is 7.48. The number of anilines is 2. The van der Waals surface area contributed by atoms with Crippen molar-refractivity contribution >= 4 is 33.3 Å². The number of aryl methyl sites for hydroxylation is 2. The molecule has 1 aromatic carbocycles. The van der Waals surface area contributed by atoms with Crippen LogP contribution in [0.2, 0.25) is 0 Å². The van der Waals surface area contributed by atoms with E-state index in [1.54, 1.807) is 19.3 Å². The predicted molar refractivity (Wildman–Crippen MR) is 144 cm³/mol. The van der Waals surface area contributed by atoms with Crippen molar-refractivity contribution in [2.24, 2.45) is 13.0 Å². The van der Waals surface area contributed by atoms with Gasteiger partial charge >= 0.3 is 6.18 Å². The van der Waals surface area contributed by atoms with Gasteiger partial charge in [0.15, 0.2) is 0 Å². The summed E-state index contributed by atoms with van der Waals surface area (Å²) in [4.78, 5) is 17.7. The van der Waals surface area contributed by atoms with Gasteiger partial charge in [0, 0.05) is 25.5 Å². The van der Waals surface area contributed by atoms with Crippen molar-refractivity contribution in [1.82, 2.24) is 24.5 Å². The zero-order valence-corrected chi connectivity index (χ0v) is 22.6. The first-order chi connectivity index (χ1) is 18.2. The molecule has 1 aliphatic rings. The fourth-order valence-corrected chi connectivity index (χ4v) is 5.74. The summed E-state index contributed by atoms with van der Waals surface area (Å²) in [7, 11) is 1.85. The Kier molecular flexibility index (Phi) is 8.51. The SMILES string of the molecule is CC.Cc1nc(NCC(F)(F)F)nc(NC2CCC(C(O)c3nccn3C)C2)c1-c1nc2ccccc2s1. The van der Waals surface area contributed by atoms with E-state index in [1.165, 1.54) is 11.3 Å². The zero-order valence-electron chi connectivity index (χ0n) is 21.8. The Morgan fingerprint density at radius 1 is 1.16 bits per heavy atom. The van der Waals surface area contributed by atoms with Gasteiger partial charge in [-0.15, -0.1) is 11.3 Å².